The van der Waals surface area contributed by atoms with E-state index in [0.29, 0.717) is 6.04 Å². The fourth-order valence-electron chi connectivity index (χ4n) is 3.25. The van der Waals surface area contributed by atoms with Crippen LogP contribution in [0, 0.1) is 11.8 Å². The molecule has 0 heterocycles. The van der Waals surface area contributed by atoms with Gasteiger partial charge in [-0.3, -0.25) is 0 Å². The van der Waals surface area contributed by atoms with Crippen molar-refractivity contribution in [2.24, 2.45) is 11.8 Å². The maximum absolute atomic E-state index is 5.57. The number of ether oxygens (including phenoxy) is 1. The Morgan fingerprint density at radius 2 is 1.12 bits per heavy atom. The molecule has 4 heteroatoms. The third kappa shape index (κ3) is 32.0. The van der Waals surface area contributed by atoms with Crippen molar-refractivity contribution in [3.05, 3.63) is 0 Å². The van der Waals surface area contributed by atoms with Crippen molar-refractivity contribution in [1.29, 1.82) is 0 Å². The Balaban J connectivity index is 0. The van der Waals surface area contributed by atoms with E-state index < -0.39 is 0 Å². The van der Waals surface area contributed by atoms with Gasteiger partial charge in [-0.05, 0) is 117 Å². The minimum absolute atomic E-state index is 0.680. The van der Waals surface area contributed by atoms with E-state index in [9.17, 15) is 0 Å². The molecule has 0 aliphatic rings. The highest BCUT2D eigenvalue weighted by atomic mass is 16.5. The zero-order valence-corrected chi connectivity index (χ0v) is 23.6. The quantitative estimate of drug-likeness (QED) is 0.176. The Morgan fingerprint density at radius 1 is 0.625 bits per heavy atom. The molecule has 0 rings (SSSR count). The van der Waals surface area contributed by atoms with Gasteiger partial charge in [0, 0.05) is 19.3 Å². The first-order chi connectivity index (χ1) is 15.3. The van der Waals surface area contributed by atoms with Gasteiger partial charge in [0.25, 0.3) is 0 Å². The molecule has 0 aliphatic heterocycles. The summed E-state index contributed by atoms with van der Waals surface area (Å²) >= 11 is 0. The van der Waals surface area contributed by atoms with Crippen molar-refractivity contribution >= 4 is 0 Å². The smallest absolute Gasteiger partial charge is 0.0478 e. The first-order valence-electron chi connectivity index (χ1n) is 14.0. The summed E-state index contributed by atoms with van der Waals surface area (Å²) in [5, 5.41) is 6.97. The lowest BCUT2D eigenvalue weighted by Crippen LogP contribution is -2.28. The minimum Gasteiger partial charge on any atom is -0.381 e. The van der Waals surface area contributed by atoms with Crippen molar-refractivity contribution in [1.82, 2.24) is 15.5 Å². The lowest BCUT2D eigenvalue weighted by atomic mass is 10.1. The van der Waals surface area contributed by atoms with Crippen LogP contribution in [0.25, 0.3) is 0 Å². The summed E-state index contributed by atoms with van der Waals surface area (Å²) in [7, 11) is 2.21. The Kier molecular flexibility index (Phi) is 28.8. The van der Waals surface area contributed by atoms with Gasteiger partial charge in [-0.25, -0.2) is 0 Å². The molecule has 196 valence electrons. The average molecular weight is 458 g/mol. The number of rotatable bonds is 22. The second-order valence-electron chi connectivity index (χ2n) is 10.5. The Labute approximate surface area is 204 Å². The van der Waals surface area contributed by atoms with Crippen LogP contribution >= 0.6 is 0 Å². The minimum atomic E-state index is 0.680. The van der Waals surface area contributed by atoms with Gasteiger partial charge in [0.2, 0.25) is 0 Å². The zero-order valence-electron chi connectivity index (χ0n) is 23.6. The maximum atomic E-state index is 5.57. The van der Waals surface area contributed by atoms with Crippen LogP contribution in [0.1, 0.15) is 113 Å². The Bertz CT molecular complexity index is 335. The van der Waals surface area contributed by atoms with Gasteiger partial charge in [-0.15, -0.1) is 0 Å². The van der Waals surface area contributed by atoms with Gasteiger partial charge >= 0.3 is 0 Å². The standard InChI is InChI=1S/C14H32N2.C14H31NO/c1-13(2)9-8-11-15-10-6-7-12-16(5)14(3)4;1-4-5-6-10-15-11-8-13-16-12-7-9-14(2)3/h13-15H,6-12H2,1-5H3;14-15H,4-13H2,1-3H3. The molecule has 0 saturated carbocycles. The summed E-state index contributed by atoms with van der Waals surface area (Å²) in [5.41, 5.74) is 0. The van der Waals surface area contributed by atoms with Crippen molar-refractivity contribution < 1.29 is 4.74 Å². The molecule has 0 aromatic carbocycles. The molecule has 4 nitrogen and oxygen atoms in total. The molecule has 0 bridgehead atoms. The molecule has 0 aromatic rings. The SMILES string of the molecule is CC(C)CCCNCCCCN(C)C(C)C.CCCCCNCCCOCCCC(C)C. The molecular weight excluding hydrogens is 394 g/mol. The monoisotopic (exact) mass is 457 g/mol. The molecule has 0 aliphatic carbocycles. The second kappa shape index (κ2) is 27.1. The van der Waals surface area contributed by atoms with Crippen molar-refractivity contribution in [2.45, 2.75) is 119 Å². The summed E-state index contributed by atoms with van der Waals surface area (Å²) in [6.45, 7) is 23.6. The Hall–Kier alpha value is -0.160. The molecule has 0 unspecified atom stereocenters. The van der Waals surface area contributed by atoms with Gasteiger partial charge in [0.1, 0.15) is 0 Å². The highest BCUT2D eigenvalue weighted by molar-refractivity contribution is 4.58. The molecule has 32 heavy (non-hydrogen) atoms. The zero-order chi connectivity index (χ0) is 24.5. The molecule has 0 spiro atoms. The van der Waals surface area contributed by atoms with Gasteiger partial charge < -0.3 is 20.3 Å². The maximum Gasteiger partial charge on any atom is 0.0478 e. The third-order valence-corrected chi connectivity index (χ3v) is 5.80. The highest BCUT2D eigenvalue weighted by Crippen LogP contribution is 2.03. The summed E-state index contributed by atoms with van der Waals surface area (Å²) in [6.07, 6.45) is 12.9. The predicted octanol–water partition coefficient (Wildman–Crippen LogP) is 6.74. The van der Waals surface area contributed by atoms with Crippen LogP contribution in [0.15, 0.2) is 0 Å². The van der Waals surface area contributed by atoms with Crippen molar-refractivity contribution in [3.8, 4) is 0 Å². The molecule has 0 atom stereocenters. The summed E-state index contributed by atoms with van der Waals surface area (Å²) in [4.78, 5) is 2.42. The number of unbranched alkanes of at least 4 members (excludes halogenated alkanes) is 3. The number of nitrogens with one attached hydrogen (secondary N) is 2. The van der Waals surface area contributed by atoms with E-state index in [-0.39, 0.29) is 0 Å². The number of nitrogens with zero attached hydrogens (tertiary/aromatic N) is 1. The van der Waals surface area contributed by atoms with Crippen LogP contribution in [0.4, 0.5) is 0 Å². The lowest BCUT2D eigenvalue weighted by molar-refractivity contribution is 0.125. The van der Waals surface area contributed by atoms with Crippen LogP contribution in [0.2, 0.25) is 0 Å². The second-order valence-corrected chi connectivity index (χ2v) is 10.5. The van der Waals surface area contributed by atoms with Crippen LogP contribution in [-0.2, 0) is 4.74 Å². The molecule has 0 aromatic heterocycles. The summed E-state index contributed by atoms with van der Waals surface area (Å²) in [5.74, 6) is 1.66. The topological polar surface area (TPSA) is 36.5 Å². The van der Waals surface area contributed by atoms with Crippen LogP contribution in [0.3, 0.4) is 0 Å². The predicted molar refractivity (Wildman–Crippen MR) is 146 cm³/mol. The molecular formula is C28H63N3O. The number of hydrogen-bond donors (Lipinski definition) is 2. The third-order valence-electron chi connectivity index (χ3n) is 5.80. The van der Waals surface area contributed by atoms with Crippen molar-refractivity contribution in [2.75, 3.05) is 53.0 Å². The normalized spacial score (nSPS) is 11.6. The van der Waals surface area contributed by atoms with Crippen LogP contribution in [0.5, 0.6) is 0 Å². The number of hydrogen-bond acceptors (Lipinski definition) is 4. The van der Waals surface area contributed by atoms with E-state index in [1.165, 1.54) is 84.0 Å². The van der Waals surface area contributed by atoms with Gasteiger partial charge in [0.15, 0.2) is 0 Å². The first-order valence-corrected chi connectivity index (χ1v) is 14.0. The van der Waals surface area contributed by atoms with E-state index in [2.05, 4.69) is 71.0 Å². The van der Waals surface area contributed by atoms with Crippen LogP contribution < -0.4 is 10.6 Å². The molecule has 0 saturated heterocycles. The van der Waals surface area contributed by atoms with Gasteiger partial charge in [-0.2, -0.15) is 0 Å². The fraction of sp³-hybridized carbons (Fsp3) is 1.00. The van der Waals surface area contributed by atoms with Crippen molar-refractivity contribution in [3.63, 3.8) is 0 Å². The molecule has 0 radical (unpaired) electrons. The van der Waals surface area contributed by atoms with E-state index in [1.54, 1.807) is 0 Å². The van der Waals surface area contributed by atoms with Crippen LogP contribution in [-0.4, -0.2) is 63.9 Å². The largest absolute Gasteiger partial charge is 0.381 e. The molecule has 0 fully saturated rings. The Morgan fingerprint density at radius 3 is 1.69 bits per heavy atom. The van der Waals surface area contributed by atoms with E-state index in [4.69, 9.17) is 4.74 Å². The summed E-state index contributed by atoms with van der Waals surface area (Å²) < 4.78 is 5.57. The fourth-order valence-corrected chi connectivity index (χ4v) is 3.25. The molecule has 0 amide bonds. The van der Waals surface area contributed by atoms with Gasteiger partial charge in [0.05, 0.1) is 0 Å². The van der Waals surface area contributed by atoms with E-state index >= 15 is 0 Å². The molecule has 2 N–H and O–H groups in total. The van der Waals surface area contributed by atoms with Gasteiger partial charge in [-0.1, -0.05) is 47.5 Å². The lowest BCUT2D eigenvalue weighted by Gasteiger charge is -2.20. The summed E-state index contributed by atoms with van der Waals surface area (Å²) in [6, 6.07) is 0.680. The highest BCUT2D eigenvalue weighted by Gasteiger charge is 2.01. The average Bonchev–Trinajstić information content (AvgIpc) is 2.73. The first kappa shape index (κ1) is 34.0. The van der Waals surface area contributed by atoms with E-state index in [1.807, 2.05) is 0 Å². The van der Waals surface area contributed by atoms with E-state index in [0.717, 1.165) is 38.0 Å².